The third-order valence-corrected chi connectivity index (χ3v) is 5.64. The zero-order valence-corrected chi connectivity index (χ0v) is 19.5. The molecule has 0 saturated heterocycles. The van der Waals surface area contributed by atoms with Crippen LogP contribution >= 0.6 is 0 Å². The van der Waals surface area contributed by atoms with Crippen molar-refractivity contribution in [3.8, 4) is 28.0 Å². The summed E-state index contributed by atoms with van der Waals surface area (Å²) in [5.41, 5.74) is 5.63. The van der Waals surface area contributed by atoms with Gasteiger partial charge in [0.1, 0.15) is 11.9 Å². The molecule has 32 heavy (non-hydrogen) atoms. The van der Waals surface area contributed by atoms with Gasteiger partial charge in [-0.05, 0) is 53.3 Å². The van der Waals surface area contributed by atoms with E-state index >= 15 is 0 Å². The van der Waals surface area contributed by atoms with E-state index in [-0.39, 0.29) is 12.1 Å². The number of hydrogen-bond acceptors (Lipinski definition) is 3. The van der Waals surface area contributed by atoms with E-state index in [1.165, 1.54) is 43.7 Å². The third-order valence-electron chi connectivity index (χ3n) is 5.64. The van der Waals surface area contributed by atoms with Crippen LogP contribution in [0.15, 0.2) is 72.8 Å². The van der Waals surface area contributed by atoms with Gasteiger partial charge in [0.25, 0.3) is 0 Å². The van der Waals surface area contributed by atoms with Crippen molar-refractivity contribution in [2.45, 2.75) is 59.0 Å². The summed E-state index contributed by atoms with van der Waals surface area (Å²) in [6, 6.07) is 25.0. The average Bonchev–Trinajstić information content (AvgIpc) is 2.81. The first-order valence-electron chi connectivity index (χ1n) is 11.7. The summed E-state index contributed by atoms with van der Waals surface area (Å²) in [6.45, 7) is 6.33. The van der Waals surface area contributed by atoms with Gasteiger partial charge >= 0.3 is 5.97 Å². The van der Waals surface area contributed by atoms with E-state index < -0.39 is 0 Å². The summed E-state index contributed by atoms with van der Waals surface area (Å²) in [5.74, 6) is 0.654. The molecule has 0 fully saturated rings. The Morgan fingerprint density at radius 3 is 1.91 bits per heavy atom. The van der Waals surface area contributed by atoms with E-state index in [0.29, 0.717) is 0 Å². The minimum atomic E-state index is -0.268. The molecule has 3 nitrogen and oxygen atoms in total. The SMILES string of the molecule is CCCCCCCOc1ccc(-c2ccccc2-c2ccc(C(C)OC(C)=O)cc2)cc1. The lowest BCUT2D eigenvalue weighted by Gasteiger charge is -2.14. The maximum Gasteiger partial charge on any atom is 0.303 e. The molecule has 0 aliphatic carbocycles. The van der Waals surface area contributed by atoms with Gasteiger partial charge in [-0.15, -0.1) is 0 Å². The summed E-state index contributed by atoms with van der Waals surface area (Å²) in [6.07, 6.45) is 5.95. The molecule has 1 unspecified atom stereocenters. The van der Waals surface area contributed by atoms with E-state index in [0.717, 1.165) is 35.5 Å². The van der Waals surface area contributed by atoms with Gasteiger partial charge in [0.2, 0.25) is 0 Å². The van der Waals surface area contributed by atoms with Gasteiger partial charge in [-0.2, -0.15) is 0 Å². The van der Waals surface area contributed by atoms with Gasteiger partial charge in [-0.1, -0.05) is 93.3 Å². The second kappa shape index (κ2) is 12.1. The lowest BCUT2D eigenvalue weighted by molar-refractivity contribution is -0.145. The summed E-state index contributed by atoms with van der Waals surface area (Å²) < 4.78 is 11.2. The van der Waals surface area contributed by atoms with Crippen LogP contribution in [0.25, 0.3) is 22.3 Å². The van der Waals surface area contributed by atoms with Gasteiger partial charge in [0.15, 0.2) is 0 Å². The highest BCUT2D eigenvalue weighted by atomic mass is 16.5. The van der Waals surface area contributed by atoms with Crippen LogP contribution in [0.4, 0.5) is 0 Å². The monoisotopic (exact) mass is 430 g/mol. The molecule has 0 aliphatic heterocycles. The maximum absolute atomic E-state index is 11.2. The number of unbranched alkanes of at least 4 members (excludes halogenated alkanes) is 4. The summed E-state index contributed by atoms with van der Waals surface area (Å²) >= 11 is 0. The van der Waals surface area contributed by atoms with Crippen molar-refractivity contribution < 1.29 is 14.3 Å². The Bertz CT molecular complexity index is 974. The first-order valence-corrected chi connectivity index (χ1v) is 11.7. The Labute approximate surface area is 192 Å². The highest BCUT2D eigenvalue weighted by Gasteiger charge is 2.11. The van der Waals surface area contributed by atoms with E-state index in [4.69, 9.17) is 9.47 Å². The Hall–Kier alpha value is -3.07. The lowest BCUT2D eigenvalue weighted by atomic mass is 9.94. The zero-order valence-electron chi connectivity index (χ0n) is 19.5. The molecule has 3 rings (SSSR count). The second-order valence-electron chi connectivity index (χ2n) is 8.21. The smallest absolute Gasteiger partial charge is 0.303 e. The van der Waals surface area contributed by atoms with Crippen molar-refractivity contribution in [1.29, 1.82) is 0 Å². The van der Waals surface area contributed by atoms with Crippen LogP contribution in [0.3, 0.4) is 0 Å². The van der Waals surface area contributed by atoms with Gasteiger partial charge < -0.3 is 9.47 Å². The first-order chi connectivity index (χ1) is 15.6. The molecule has 0 amide bonds. The molecule has 0 aromatic heterocycles. The van der Waals surface area contributed by atoms with Crippen LogP contribution in [0.1, 0.15) is 64.5 Å². The number of rotatable bonds is 11. The number of carbonyl (C=O) groups is 1. The molecule has 3 aromatic rings. The van der Waals surface area contributed by atoms with Crippen LogP contribution in [0.5, 0.6) is 5.75 Å². The van der Waals surface area contributed by atoms with Gasteiger partial charge in [0, 0.05) is 6.92 Å². The number of carbonyl (C=O) groups excluding carboxylic acids is 1. The molecule has 0 bridgehead atoms. The minimum absolute atomic E-state index is 0.254. The second-order valence-corrected chi connectivity index (χ2v) is 8.21. The maximum atomic E-state index is 11.2. The average molecular weight is 431 g/mol. The van der Waals surface area contributed by atoms with Crippen LogP contribution < -0.4 is 4.74 Å². The summed E-state index contributed by atoms with van der Waals surface area (Å²) in [7, 11) is 0. The Balaban J connectivity index is 1.69. The molecule has 3 aromatic carbocycles. The normalized spacial score (nSPS) is 11.7. The molecule has 0 spiro atoms. The molecule has 0 radical (unpaired) electrons. The number of esters is 1. The fourth-order valence-electron chi connectivity index (χ4n) is 3.86. The lowest BCUT2D eigenvalue weighted by Crippen LogP contribution is -2.04. The summed E-state index contributed by atoms with van der Waals surface area (Å²) in [5, 5.41) is 0. The van der Waals surface area contributed by atoms with Crippen molar-refractivity contribution in [3.05, 3.63) is 78.4 Å². The van der Waals surface area contributed by atoms with Crippen molar-refractivity contribution in [1.82, 2.24) is 0 Å². The highest BCUT2D eigenvalue weighted by molar-refractivity contribution is 5.83. The van der Waals surface area contributed by atoms with Crippen LogP contribution in [0, 0.1) is 0 Å². The number of ether oxygens (including phenoxy) is 2. The number of benzene rings is 3. The Kier molecular flexibility index (Phi) is 8.91. The molecular weight excluding hydrogens is 396 g/mol. The first kappa shape index (κ1) is 23.6. The largest absolute Gasteiger partial charge is 0.494 e. The van der Waals surface area contributed by atoms with Crippen LogP contribution in [-0.2, 0) is 9.53 Å². The van der Waals surface area contributed by atoms with Crippen LogP contribution in [0.2, 0.25) is 0 Å². The molecule has 0 aliphatic rings. The molecule has 0 saturated carbocycles. The molecule has 168 valence electrons. The highest BCUT2D eigenvalue weighted by Crippen LogP contribution is 2.33. The van der Waals surface area contributed by atoms with E-state index in [2.05, 4.69) is 67.6 Å². The van der Waals surface area contributed by atoms with Crippen molar-refractivity contribution in [2.75, 3.05) is 6.61 Å². The number of hydrogen-bond donors (Lipinski definition) is 0. The Morgan fingerprint density at radius 2 is 1.34 bits per heavy atom. The predicted octanol–water partition coefficient (Wildman–Crippen LogP) is 7.99. The quantitative estimate of drug-likeness (QED) is 0.228. The molecule has 0 heterocycles. The van der Waals surface area contributed by atoms with E-state index in [9.17, 15) is 4.79 Å². The van der Waals surface area contributed by atoms with E-state index in [1.807, 2.05) is 19.1 Å². The van der Waals surface area contributed by atoms with Crippen molar-refractivity contribution in [3.63, 3.8) is 0 Å². The van der Waals surface area contributed by atoms with Gasteiger partial charge in [-0.3, -0.25) is 4.79 Å². The van der Waals surface area contributed by atoms with E-state index in [1.54, 1.807) is 0 Å². The standard InChI is InChI=1S/C29H34O3/c1-4-5-6-7-10-21-31-27-19-17-26(18-20-27)29-12-9-8-11-28(29)25-15-13-24(14-16-25)22(2)32-23(3)30/h8-9,11-20,22H,4-7,10,21H2,1-3H3. The third kappa shape index (κ3) is 6.71. The molecule has 0 N–H and O–H groups in total. The fraction of sp³-hybridized carbons (Fsp3) is 0.345. The predicted molar refractivity (Wildman–Crippen MR) is 132 cm³/mol. The molecule has 3 heteroatoms. The Morgan fingerprint density at radius 1 is 0.781 bits per heavy atom. The molecular formula is C29H34O3. The minimum Gasteiger partial charge on any atom is -0.494 e. The van der Waals surface area contributed by atoms with Crippen LogP contribution in [-0.4, -0.2) is 12.6 Å². The van der Waals surface area contributed by atoms with Crippen molar-refractivity contribution in [2.24, 2.45) is 0 Å². The fourth-order valence-corrected chi connectivity index (χ4v) is 3.86. The summed E-state index contributed by atoms with van der Waals surface area (Å²) in [4.78, 5) is 11.2. The van der Waals surface area contributed by atoms with Gasteiger partial charge in [0.05, 0.1) is 6.61 Å². The topological polar surface area (TPSA) is 35.5 Å². The van der Waals surface area contributed by atoms with Crippen molar-refractivity contribution >= 4 is 5.97 Å². The van der Waals surface area contributed by atoms with Gasteiger partial charge in [-0.25, -0.2) is 0 Å². The zero-order chi connectivity index (χ0) is 22.8. The molecule has 1 atom stereocenters.